The third kappa shape index (κ3) is 9.16. The van der Waals surface area contributed by atoms with E-state index in [0.29, 0.717) is 13.0 Å². The first-order valence-electron chi connectivity index (χ1n) is 14.9. The van der Waals surface area contributed by atoms with Crippen molar-refractivity contribution in [3.05, 3.63) is 12.3 Å². The minimum Gasteiger partial charge on any atom is -0.493 e. The van der Waals surface area contributed by atoms with Crippen molar-refractivity contribution in [2.45, 2.75) is 167 Å². The third-order valence-electron chi connectivity index (χ3n) is 7.69. The van der Waals surface area contributed by atoms with Gasteiger partial charge in [0.25, 0.3) is 0 Å². The highest BCUT2D eigenvalue weighted by molar-refractivity contribution is 6.73. The monoisotopic (exact) mass is 524 g/mol. The van der Waals surface area contributed by atoms with Crippen LogP contribution in [0.25, 0.3) is 0 Å². The van der Waals surface area contributed by atoms with Crippen molar-refractivity contribution in [1.29, 1.82) is 0 Å². The van der Waals surface area contributed by atoms with Crippen molar-refractivity contribution in [3.8, 4) is 0 Å². The van der Waals surface area contributed by atoms with Crippen LogP contribution in [-0.4, -0.2) is 39.4 Å². The molecule has 5 nitrogen and oxygen atoms in total. The molecule has 0 saturated carbocycles. The molecular formula is C30H56O5Si. The van der Waals surface area contributed by atoms with Gasteiger partial charge in [-0.15, -0.1) is 0 Å². The Morgan fingerprint density at radius 2 is 1.33 bits per heavy atom. The molecule has 2 rings (SSSR count). The largest absolute Gasteiger partial charge is 0.493 e. The molecule has 2 heterocycles. The van der Waals surface area contributed by atoms with E-state index in [-0.39, 0.29) is 28.3 Å². The van der Waals surface area contributed by atoms with Gasteiger partial charge in [0.05, 0.1) is 12.9 Å². The van der Waals surface area contributed by atoms with Crippen LogP contribution in [0, 0.1) is 0 Å². The van der Waals surface area contributed by atoms with Gasteiger partial charge in [0, 0.05) is 16.5 Å². The van der Waals surface area contributed by atoms with E-state index in [1.165, 1.54) is 70.6 Å². The molecule has 0 bridgehead atoms. The predicted octanol–water partition coefficient (Wildman–Crippen LogP) is 8.75. The van der Waals surface area contributed by atoms with Crippen molar-refractivity contribution in [2.24, 2.45) is 0 Å². The van der Waals surface area contributed by atoms with E-state index in [0.717, 1.165) is 12.8 Å². The number of carbonyl (C=O) groups is 1. The first-order valence-corrected chi connectivity index (χ1v) is 16.7. The van der Waals surface area contributed by atoms with E-state index in [2.05, 4.69) is 48.5 Å². The average molecular weight is 525 g/mol. The molecule has 2 aliphatic heterocycles. The number of hydrogen-bond acceptors (Lipinski definition) is 5. The van der Waals surface area contributed by atoms with Crippen molar-refractivity contribution in [3.63, 3.8) is 0 Å². The molecule has 1 saturated heterocycles. The third-order valence-corrected chi connectivity index (χ3v) is 12.8. The summed E-state index contributed by atoms with van der Waals surface area (Å²) in [6, 6.07) is 0. The summed E-state index contributed by atoms with van der Waals surface area (Å²) < 4.78 is 25.0. The molecule has 0 spiro atoms. The van der Waals surface area contributed by atoms with Crippen LogP contribution in [0.1, 0.15) is 138 Å². The van der Waals surface area contributed by atoms with Crippen LogP contribution in [0.3, 0.4) is 0 Å². The van der Waals surface area contributed by atoms with Gasteiger partial charge in [-0.05, 0) is 12.5 Å². The molecule has 0 radical (unpaired) electrons. The van der Waals surface area contributed by atoms with Crippen LogP contribution < -0.4 is 0 Å². The van der Waals surface area contributed by atoms with Gasteiger partial charge in [0.15, 0.2) is 6.10 Å². The first kappa shape index (κ1) is 31.4. The summed E-state index contributed by atoms with van der Waals surface area (Å²) in [5.41, 5.74) is 0. The minimum atomic E-state index is -2.65. The summed E-state index contributed by atoms with van der Waals surface area (Å²) >= 11 is 0. The fourth-order valence-electron chi connectivity index (χ4n) is 5.84. The van der Waals surface area contributed by atoms with Crippen molar-refractivity contribution in [1.82, 2.24) is 0 Å². The van der Waals surface area contributed by atoms with Gasteiger partial charge in [-0.25, -0.2) is 0 Å². The molecule has 36 heavy (non-hydrogen) atoms. The summed E-state index contributed by atoms with van der Waals surface area (Å²) in [4.78, 5) is 12.7. The Balaban J connectivity index is 1.68. The number of hydrogen-bond donors (Lipinski definition) is 0. The van der Waals surface area contributed by atoms with Gasteiger partial charge in [0.2, 0.25) is 0 Å². The molecule has 0 unspecified atom stereocenters. The summed E-state index contributed by atoms with van der Waals surface area (Å²) in [6.07, 6.45) is 19.8. The summed E-state index contributed by atoms with van der Waals surface area (Å²) in [7, 11) is -2.65. The maximum absolute atomic E-state index is 12.7. The van der Waals surface area contributed by atoms with Gasteiger partial charge in [-0.2, -0.15) is 0 Å². The van der Waals surface area contributed by atoms with Crippen molar-refractivity contribution >= 4 is 14.5 Å². The molecular weight excluding hydrogens is 468 g/mol. The number of ether oxygens (including phenoxy) is 2. The smallest absolute Gasteiger partial charge is 0.349 e. The summed E-state index contributed by atoms with van der Waals surface area (Å²) in [5.74, 6) is -0.137. The average Bonchev–Trinajstić information content (AvgIpc) is 2.80. The van der Waals surface area contributed by atoms with Crippen LogP contribution in [0.15, 0.2) is 12.3 Å². The molecule has 0 amide bonds. The second-order valence-electron chi connectivity index (χ2n) is 13.0. The zero-order valence-electron chi connectivity index (χ0n) is 24.5. The van der Waals surface area contributed by atoms with E-state index in [1.54, 1.807) is 6.26 Å². The van der Waals surface area contributed by atoms with Gasteiger partial charge >= 0.3 is 14.5 Å². The van der Waals surface area contributed by atoms with Crippen LogP contribution >= 0.6 is 0 Å². The second kappa shape index (κ2) is 14.9. The molecule has 2 aliphatic rings. The molecule has 0 aliphatic carbocycles. The quantitative estimate of drug-likeness (QED) is 0.122. The van der Waals surface area contributed by atoms with Crippen molar-refractivity contribution < 1.29 is 23.1 Å². The Hall–Kier alpha value is -0.853. The lowest BCUT2D eigenvalue weighted by atomic mass is 10.0. The molecule has 1 fully saturated rings. The number of esters is 1. The van der Waals surface area contributed by atoms with Crippen LogP contribution in [0.5, 0.6) is 0 Å². The Labute approximate surface area is 223 Å². The van der Waals surface area contributed by atoms with Crippen molar-refractivity contribution in [2.75, 3.05) is 6.61 Å². The molecule has 6 heteroatoms. The normalized spacial score (nSPS) is 23.7. The number of rotatable bonds is 15. The SMILES string of the molecule is CCCCCCCCCCCCCCCC(=O)O[C@@H]1C=CO[C@@H]2CO[Si](C(C)(C)C)(C(C)(C)C)O[C@@H]12. The molecule has 0 aromatic carbocycles. The lowest BCUT2D eigenvalue weighted by Gasteiger charge is -2.55. The predicted molar refractivity (Wildman–Crippen MR) is 150 cm³/mol. The van der Waals surface area contributed by atoms with Gasteiger partial charge in [-0.1, -0.05) is 126 Å². The Morgan fingerprint density at radius 3 is 1.83 bits per heavy atom. The Kier molecular flexibility index (Phi) is 13.0. The fourth-order valence-corrected chi connectivity index (χ4v) is 10.8. The van der Waals surface area contributed by atoms with E-state index in [4.69, 9.17) is 18.3 Å². The van der Waals surface area contributed by atoms with Crippen LogP contribution in [0.2, 0.25) is 10.1 Å². The molecule has 0 aromatic heterocycles. The lowest BCUT2D eigenvalue weighted by molar-refractivity contribution is -0.166. The number of carbonyl (C=O) groups excluding carboxylic acids is 1. The lowest BCUT2D eigenvalue weighted by Crippen LogP contribution is -2.67. The van der Waals surface area contributed by atoms with Gasteiger partial charge < -0.3 is 18.3 Å². The van der Waals surface area contributed by atoms with Gasteiger partial charge in [0.1, 0.15) is 12.2 Å². The molecule has 210 valence electrons. The second-order valence-corrected chi connectivity index (χ2v) is 17.7. The van der Waals surface area contributed by atoms with Crippen LogP contribution in [0.4, 0.5) is 0 Å². The standard InChI is InChI=1S/C30H56O5Si/c1-8-9-10-11-12-13-14-15-16-17-18-19-20-21-27(31)34-25-22-23-32-26-24-33-36(29(2,3)4,30(5,6)7)35-28(25)26/h22-23,25-26,28H,8-21,24H2,1-7H3/t25-,26-,28+/m1/s1. The topological polar surface area (TPSA) is 54.0 Å². The molecule has 3 atom stereocenters. The fraction of sp³-hybridized carbons (Fsp3) is 0.900. The maximum Gasteiger partial charge on any atom is 0.349 e. The summed E-state index contributed by atoms with van der Waals surface area (Å²) in [5, 5.41) is -0.249. The molecule has 0 N–H and O–H groups in total. The van der Waals surface area contributed by atoms with E-state index < -0.39 is 14.7 Å². The Bertz CT molecular complexity index is 649. The van der Waals surface area contributed by atoms with E-state index >= 15 is 0 Å². The highest BCUT2D eigenvalue weighted by Crippen LogP contribution is 2.54. The van der Waals surface area contributed by atoms with Gasteiger partial charge in [-0.3, -0.25) is 4.79 Å². The summed E-state index contributed by atoms with van der Waals surface area (Å²) in [6.45, 7) is 15.9. The Morgan fingerprint density at radius 1 is 0.833 bits per heavy atom. The first-order chi connectivity index (χ1) is 17.0. The van der Waals surface area contributed by atoms with E-state index in [1.807, 2.05) is 6.08 Å². The maximum atomic E-state index is 12.7. The van der Waals surface area contributed by atoms with E-state index in [9.17, 15) is 4.79 Å². The molecule has 0 aromatic rings. The minimum absolute atomic E-state index is 0.124. The zero-order chi connectivity index (χ0) is 26.7. The highest BCUT2D eigenvalue weighted by Gasteiger charge is 2.63. The van der Waals surface area contributed by atoms with Crippen LogP contribution in [-0.2, 0) is 23.1 Å². The highest BCUT2D eigenvalue weighted by atomic mass is 28.4. The number of unbranched alkanes of at least 4 members (excludes halogenated alkanes) is 12. The zero-order valence-corrected chi connectivity index (χ0v) is 25.5. The number of fused-ring (bicyclic) bond motifs is 1.